The van der Waals surface area contributed by atoms with Gasteiger partial charge in [0.15, 0.2) is 0 Å². The predicted octanol–water partition coefficient (Wildman–Crippen LogP) is 4.24. The Bertz CT molecular complexity index is 1370. The summed E-state index contributed by atoms with van der Waals surface area (Å²) in [5.41, 5.74) is -1.23. The van der Waals surface area contributed by atoms with Gasteiger partial charge in [0.1, 0.15) is 12.1 Å². The monoisotopic (exact) mass is 742 g/mol. The molecule has 3 rings (SSSR count). The largest absolute Gasteiger partial charge is 0.346 e. The highest BCUT2D eigenvalue weighted by Gasteiger charge is 2.48. The summed E-state index contributed by atoms with van der Waals surface area (Å²) in [6.45, 7) is 19.4. The van der Waals surface area contributed by atoms with Crippen LogP contribution in [-0.2, 0) is 28.8 Å². The van der Waals surface area contributed by atoms with E-state index in [-0.39, 0.29) is 61.4 Å². The lowest BCUT2D eigenvalue weighted by Gasteiger charge is -2.41. The number of unbranched alkanes of at least 4 members (excludes halogenated alkanes) is 1. The van der Waals surface area contributed by atoms with Gasteiger partial charge in [-0.15, -0.1) is 6.58 Å². The van der Waals surface area contributed by atoms with Crippen molar-refractivity contribution < 1.29 is 33.6 Å². The van der Waals surface area contributed by atoms with Gasteiger partial charge in [0.2, 0.25) is 29.4 Å². The zero-order valence-electron chi connectivity index (χ0n) is 33.5. The standard InChI is InChI=1S/C40H66N6O7/c1-10-12-18-28(33(48)35(50)41-22-11-2)42-34(49)32-27(25(3)4)20-23-45(32)36(51)31(26-16-14-13-15-17-26)44-38(53)43-29(39(5,6)7)24-46-30(47)19-21-40(8,9)37(46)52/h11,25-29,31-32H,2,10,12-24H2,1,3-9H3,(H,41,50)(H,42,49)(H2,43,44,53)/t27?,28?,29?,31-,32-/m0/s1. The number of carbonyl (C=O) groups excluding carboxylic acids is 7. The van der Waals surface area contributed by atoms with Crippen LogP contribution in [0.1, 0.15) is 126 Å². The van der Waals surface area contributed by atoms with Crippen LogP contribution in [0.4, 0.5) is 4.79 Å². The van der Waals surface area contributed by atoms with Gasteiger partial charge < -0.3 is 26.2 Å². The topological polar surface area (TPSA) is 174 Å². The average molecular weight is 743 g/mol. The van der Waals surface area contributed by atoms with Gasteiger partial charge in [-0.25, -0.2) is 4.79 Å². The van der Waals surface area contributed by atoms with Crippen molar-refractivity contribution >= 4 is 41.4 Å². The van der Waals surface area contributed by atoms with Gasteiger partial charge in [-0.2, -0.15) is 0 Å². The number of hydrogen-bond donors (Lipinski definition) is 4. The van der Waals surface area contributed by atoms with Crippen molar-refractivity contribution in [2.75, 3.05) is 19.6 Å². The van der Waals surface area contributed by atoms with Crippen molar-refractivity contribution in [3.8, 4) is 0 Å². The molecule has 3 fully saturated rings. The number of piperidine rings is 1. The summed E-state index contributed by atoms with van der Waals surface area (Å²) in [6.07, 6.45) is 8.71. The van der Waals surface area contributed by atoms with E-state index >= 15 is 0 Å². The molecule has 5 atom stereocenters. The third-order valence-electron chi connectivity index (χ3n) is 11.4. The minimum atomic E-state index is -1.05. The summed E-state index contributed by atoms with van der Waals surface area (Å²) in [6, 6.07) is -4.05. The Morgan fingerprint density at radius 3 is 2.23 bits per heavy atom. The van der Waals surface area contributed by atoms with E-state index in [0.717, 1.165) is 38.5 Å². The van der Waals surface area contributed by atoms with Crippen LogP contribution in [0.2, 0.25) is 0 Å². The molecule has 13 nitrogen and oxygen atoms in total. The first-order valence-electron chi connectivity index (χ1n) is 19.8. The van der Waals surface area contributed by atoms with E-state index in [1.807, 2.05) is 55.4 Å². The molecule has 298 valence electrons. The maximum Gasteiger partial charge on any atom is 0.315 e. The van der Waals surface area contributed by atoms with Gasteiger partial charge in [0, 0.05) is 31.5 Å². The number of carbonyl (C=O) groups is 7. The summed E-state index contributed by atoms with van der Waals surface area (Å²) in [4.78, 5) is 97.6. The first kappa shape index (κ1) is 43.6. The zero-order valence-corrected chi connectivity index (χ0v) is 33.5. The second-order valence-corrected chi connectivity index (χ2v) is 17.3. The number of likely N-dealkylation sites (tertiary alicyclic amines) is 2. The minimum absolute atomic E-state index is 0.00796. The minimum Gasteiger partial charge on any atom is -0.346 e. The number of hydrogen-bond acceptors (Lipinski definition) is 7. The molecule has 1 aliphatic carbocycles. The maximum atomic E-state index is 14.7. The smallest absolute Gasteiger partial charge is 0.315 e. The summed E-state index contributed by atoms with van der Waals surface area (Å²) in [5, 5.41) is 11.3. The Labute approximate surface area is 316 Å². The molecule has 1 saturated carbocycles. The van der Waals surface area contributed by atoms with E-state index in [2.05, 4.69) is 27.8 Å². The van der Waals surface area contributed by atoms with E-state index < -0.39 is 58.6 Å². The first-order valence-corrected chi connectivity index (χ1v) is 19.8. The fourth-order valence-electron chi connectivity index (χ4n) is 7.85. The first-order chi connectivity index (χ1) is 24.8. The highest BCUT2D eigenvalue weighted by atomic mass is 16.2. The molecule has 0 aromatic rings. The summed E-state index contributed by atoms with van der Waals surface area (Å²) in [5.74, 6) is -3.25. The molecule has 7 amide bonds. The van der Waals surface area contributed by atoms with E-state index in [0.29, 0.717) is 25.8 Å². The zero-order chi connectivity index (χ0) is 39.7. The molecular weight excluding hydrogens is 676 g/mol. The molecule has 0 radical (unpaired) electrons. The van der Waals surface area contributed by atoms with Crippen molar-refractivity contribution in [2.45, 2.75) is 150 Å². The second-order valence-electron chi connectivity index (χ2n) is 17.3. The predicted molar refractivity (Wildman–Crippen MR) is 203 cm³/mol. The van der Waals surface area contributed by atoms with Crippen LogP contribution in [-0.4, -0.2) is 95.0 Å². The lowest BCUT2D eigenvalue weighted by Crippen LogP contribution is -2.62. The Hall–Kier alpha value is -3.77. The summed E-state index contributed by atoms with van der Waals surface area (Å²) >= 11 is 0. The van der Waals surface area contributed by atoms with Crippen LogP contribution in [0.5, 0.6) is 0 Å². The van der Waals surface area contributed by atoms with Crippen molar-refractivity contribution in [2.24, 2.45) is 28.6 Å². The second kappa shape index (κ2) is 19.0. The number of rotatable bonds is 16. The maximum absolute atomic E-state index is 14.7. The van der Waals surface area contributed by atoms with Crippen LogP contribution in [0.15, 0.2) is 12.7 Å². The van der Waals surface area contributed by atoms with Crippen molar-refractivity contribution in [3.05, 3.63) is 12.7 Å². The summed E-state index contributed by atoms with van der Waals surface area (Å²) in [7, 11) is 0. The van der Waals surface area contributed by atoms with Gasteiger partial charge in [-0.05, 0) is 55.3 Å². The molecule has 0 aromatic carbocycles. The number of amides is 7. The van der Waals surface area contributed by atoms with E-state index in [4.69, 9.17) is 0 Å². The van der Waals surface area contributed by atoms with E-state index in [1.165, 1.54) is 11.0 Å². The normalized spacial score (nSPS) is 22.5. The Morgan fingerprint density at radius 1 is 0.981 bits per heavy atom. The molecular formula is C40H66N6O7. The Balaban J connectivity index is 1.88. The third kappa shape index (κ3) is 11.4. The van der Waals surface area contributed by atoms with Crippen molar-refractivity contribution in [1.29, 1.82) is 0 Å². The number of ketones is 1. The van der Waals surface area contributed by atoms with E-state index in [1.54, 1.807) is 4.90 Å². The van der Waals surface area contributed by atoms with Crippen molar-refractivity contribution in [1.82, 2.24) is 31.1 Å². The van der Waals surface area contributed by atoms with E-state index in [9.17, 15) is 33.6 Å². The molecule has 53 heavy (non-hydrogen) atoms. The van der Waals surface area contributed by atoms with Crippen LogP contribution >= 0.6 is 0 Å². The molecule has 0 bridgehead atoms. The number of imide groups is 1. The Morgan fingerprint density at radius 2 is 1.64 bits per heavy atom. The molecule has 2 heterocycles. The SMILES string of the molecule is C=CCNC(=O)C(=O)C(CCCC)NC(=O)[C@@H]1C(C(C)C)CCN1C(=O)[C@@H](NC(=O)NC(CN1C(=O)CCC(C)(C)C1=O)C(C)(C)C)C1CCCCC1. The molecule has 3 unspecified atom stereocenters. The molecule has 13 heteroatoms. The Kier molecular flexibility index (Phi) is 15.6. The summed E-state index contributed by atoms with van der Waals surface area (Å²) < 4.78 is 0. The lowest BCUT2D eigenvalue weighted by atomic mass is 9.81. The van der Waals surface area contributed by atoms with Crippen LogP contribution in [0, 0.1) is 28.6 Å². The van der Waals surface area contributed by atoms with Crippen LogP contribution in [0.3, 0.4) is 0 Å². The molecule has 4 N–H and O–H groups in total. The average Bonchev–Trinajstić information content (AvgIpc) is 3.56. The number of nitrogens with zero attached hydrogens (tertiary/aromatic N) is 2. The molecule has 3 aliphatic rings. The van der Waals surface area contributed by atoms with Gasteiger partial charge in [-0.1, -0.05) is 93.6 Å². The molecule has 2 aliphatic heterocycles. The fourth-order valence-corrected chi connectivity index (χ4v) is 7.85. The molecule has 2 saturated heterocycles. The molecule has 0 spiro atoms. The van der Waals surface area contributed by atoms with Crippen LogP contribution < -0.4 is 21.3 Å². The van der Waals surface area contributed by atoms with Gasteiger partial charge in [0.05, 0.1) is 12.1 Å². The van der Waals surface area contributed by atoms with Gasteiger partial charge in [0.25, 0.3) is 5.91 Å². The molecule has 0 aromatic heterocycles. The lowest BCUT2D eigenvalue weighted by molar-refractivity contribution is -0.157. The van der Waals surface area contributed by atoms with Crippen molar-refractivity contribution in [3.63, 3.8) is 0 Å². The fraction of sp³-hybridized carbons (Fsp3) is 0.775. The highest BCUT2D eigenvalue weighted by molar-refractivity contribution is 6.38. The van der Waals surface area contributed by atoms with Crippen LogP contribution in [0.25, 0.3) is 0 Å². The number of urea groups is 1. The number of Topliss-reactive ketones (excluding diaryl/α,β-unsaturated/α-hetero) is 1. The number of nitrogens with one attached hydrogen (secondary N) is 4. The third-order valence-corrected chi connectivity index (χ3v) is 11.4. The van der Waals surface area contributed by atoms with Gasteiger partial charge in [-0.3, -0.25) is 33.7 Å². The highest BCUT2D eigenvalue weighted by Crippen LogP contribution is 2.35. The quantitative estimate of drug-likeness (QED) is 0.104. The van der Waals surface area contributed by atoms with Gasteiger partial charge >= 0.3 is 6.03 Å².